The summed E-state index contributed by atoms with van der Waals surface area (Å²) in [4.78, 5) is 24.6. The summed E-state index contributed by atoms with van der Waals surface area (Å²) in [5.41, 5.74) is -0.551. The smallest absolute Gasteiger partial charge is 0.258 e. The Morgan fingerprint density at radius 2 is 1.73 bits per heavy atom. The summed E-state index contributed by atoms with van der Waals surface area (Å²) < 4.78 is 37.3. The Hall–Kier alpha value is -2.87. The van der Waals surface area contributed by atoms with Crippen molar-refractivity contribution >= 4 is 23.4 Å². The Morgan fingerprint density at radius 1 is 1.03 bits per heavy atom. The van der Waals surface area contributed by atoms with E-state index in [1.165, 1.54) is 31.4 Å². The van der Waals surface area contributed by atoms with Gasteiger partial charge in [0.15, 0.2) is 18.2 Å². The average molecular weight is 437 g/mol. The molecular formula is C21H19ClF2N2O4. The monoisotopic (exact) mass is 436 g/mol. The quantitative estimate of drug-likeness (QED) is 0.698. The Kier molecular flexibility index (Phi) is 5.05. The third-order valence-corrected chi connectivity index (χ3v) is 5.80. The van der Waals surface area contributed by atoms with E-state index in [-0.39, 0.29) is 51.6 Å². The van der Waals surface area contributed by atoms with Crippen LogP contribution in [0.4, 0.5) is 8.78 Å². The van der Waals surface area contributed by atoms with Crippen molar-refractivity contribution in [3.63, 3.8) is 0 Å². The number of methoxy groups -OCH3 is 1. The van der Waals surface area contributed by atoms with Crippen molar-refractivity contribution in [3.05, 3.63) is 58.6 Å². The first-order valence-corrected chi connectivity index (χ1v) is 9.66. The van der Waals surface area contributed by atoms with Gasteiger partial charge >= 0.3 is 0 Å². The first-order chi connectivity index (χ1) is 14.2. The average Bonchev–Trinajstić information content (AvgIpc) is 2.66. The third kappa shape index (κ3) is 3.79. The normalized spacial score (nSPS) is 23.6. The molecule has 2 aromatic carbocycles. The SMILES string of the molecule is COc1ccc(C(=O)NC23CC(NC(=O)COc4ccc(Cl)c(F)c4)(C2)C3)cc1F. The number of benzene rings is 2. The van der Waals surface area contributed by atoms with Gasteiger partial charge in [0.2, 0.25) is 0 Å². The molecule has 0 saturated heterocycles. The van der Waals surface area contributed by atoms with Crippen molar-refractivity contribution < 1.29 is 27.8 Å². The zero-order chi connectivity index (χ0) is 21.5. The molecule has 0 atom stereocenters. The van der Waals surface area contributed by atoms with Crippen molar-refractivity contribution in [3.8, 4) is 11.5 Å². The molecule has 0 aliphatic heterocycles. The lowest BCUT2D eigenvalue weighted by Crippen LogP contribution is -2.84. The number of rotatable bonds is 7. The summed E-state index contributed by atoms with van der Waals surface area (Å²) in [5.74, 6) is -1.65. The highest BCUT2D eigenvalue weighted by atomic mass is 35.5. The lowest BCUT2D eigenvalue weighted by atomic mass is 9.44. The molecule has 3 aliphatic carbocycles. The number of nitrogens with one attached hydrogen (secondary N) is 2. The molecule has 5 rings (SSSR count). The van der Waals surface area contributed by atoms with Crippen molar-refractivity contribution in [2.24, 2.45) is 0 Å². The number of ether oxygens (including phenoxy) is 2. The van der Waals surface area contributed by atoms with E-state index in [1.807, 2.05) is 0 Å². The summed E-state index contributed by atoms with van der Waals surface area (Å²) in [5, 5.41) is 5.81. The highest BCUT2D eigenvalue weighted by molar-refractivity contribution is 6.30. The van der Waals surface area contributed by atoms with Crippen LogP contribution < -0.4 is 20.1 Å². The molecule has 0 heterocycles. The van der Waals surface area contributed by atoms with Gasteiger partial charge in [-0.05, 0) is 49.6 Å². The van der Waals surface area contributed by atoms with Gasteiger partial charge < -0.3 is 20.1 Å². The molecule has 6 nitrogen and oxygen atoms in total. The second-order valence-corrected chi connectivity index (χ2v) is 8.21. The fraction of sp³-hybridized carbons (Fsp3) is 0.333. The zero-order valence-electron chi connectivity index (χ0n) is 16.1. The minimum atomic E-state index is -0.622. The van der Waals surface area contributed by atoms with Gasteiger partial charge in [0.25, 0.3) is 11.8 Å². The maximum atomic E-state index is 13.8. The van der Waals surface area contributed by atoms with Gasteiger partial charge in [-0.1, -0.05) is 11.6 Å². The van der Waals surface area contributed by atoms with Gasteiger partial charge in [-0.3, -0.25) is 9.59 Å². The Labute approximate surface area is 176 Å². The van der Waals surface area contributed by atoms with Crippen LogP contribution in [0.2, 0.25) is 5.02 Å². The van der Waals surface area contributed by atoms with Crippen molar-refractivity contribution in [1.29, 1.82) is 0 Å². The predicted octanol–water partition coefficient (Wildman–Crippen LogP) is 3.23. The van der Waals surface area contributed by atoms with Crippen molar-refractivity contribution in [1.82, 2.24) is 10.6 Å². The van der Waals surface area contributed by atoms with Gasteiger partial charge in [-0.25, -0.2) is 8.78 Å². The summed E-state index contributed by atoms with van der Waals surface area (Å²) >= 11 is 5.61. The number of hydrogen-bond donors (Lipinski definition) is 2. The molecule has 2 amide bonds. The number of halogens is 3. The molecule has 158 valence electrons. The van der Waals surface area contributed by atoms with Gasteiger partial charge in [0, 0.05) is 22.7 Å². The van der Waals surface area contributed by atoms with Crippen LogP contribution in [0.1, 0.15) is 29.6 Å². The molecule has 0 unspecified atom stereocenters. The maximum absolute atomic E-state index is 13.8. The van der Waals surface area contributed by atoms with E-state index in [2.05, 4.69) is 10.6 Å². The molecule has 3 saturated carbocycles. The molecular weight excluding hydrogens is 418 g/mol. The van der Waals surface area contributed by atoms with Crippen LogP contribution in [0.15, 0.2) is 36.4 Å². The molecule has 0 aromatic heterocycles. The number of hydrogen-bond acceptors (Lipinski definition) is 4. The van der Waals surface area contributed by atoms with Crippen molar-refractivity contribution in [2.75, 3.05) is 13.7 Å². The number of amides is 2. The number of carbonyl (C=O) groups excluding carboxylic acids is 2. The van der Waals surface area contributed by atoms with Crippen LogP contribution in [0.5, 0.6) is 11.5 Å². The summed E-state index contributed by atoms with van der Waals surface area (Å²) in [6.45, 7) is -0.257. The van der Waals surface area contributed by atoms with Crippen LogP contribution in [0, 0.1) is 11.6 Å². The van der Waals surface area contributed by atoms with Crippen LogP contribution in [0.3, 0.4) is 0 Å². The lowest BCUT2D eigenvalue weighted by Gasteiger charge is -2.70. The van der Waals surface area contributed by atoms with Gasteiger partial charge in [-0.15, -0.1) is 0 Å². The van der Waals surface area contributed by atoms with E-state index in [9.17, 15) is 18.4 Å². The van der Waals surface area contributed by atoms with Gasteiger partial charge in [-0.2, -0.15) is 0 Å². The molecule has 0 spiro atoms. The van der Waals surface area contributed by atoms with E-state index >= 15 is 0 Å². The summed E-state index contributed by atoms with van der Waals surface area (Å²) in [6, 6.07) is 7.98. The van der Waals surface area contributed by atoms with Gasteiger partial charge in [0.1, 0.15) is 11.6 Å². The molecule has 3 aliphatic rings. The molecule has 2 aromatic rings. The van der Waals surface area contributed by atoms with Crippen LogP contribution in [0.25, 0.3) is 0 Å². The third-order valence-electron chi connectivity index (χ3n) is 5.49. The van der Waals surface area contributed by atoms with E-state index in [0.717, 1.165) is 12.1 Å². The second-order valence-electron chi connectivity index (χ2n) is 7.81. The van der Waals surface area contributed by atoms with Gasteiger partial charge in [0.05, 0.1) is 12.1 Å². The largest absolute Gasteiger partial charge is 0.494 e. The molecule has 2 N–H and O–H groups in total. The van der Waals surface area contributed by atoms with Crippen molar-refractivity contribution in [2.45, 2.75) is 30.3 Å². The molecule has 30 heavy (non-hydrogen) atoms. The standard InChI is InChI=1S/C21H19ClF2N2O4/c1-29-17-5-2-12(6-16(17)24)19(28)26-21-9-20(10-21,11-21)25-18(27)8-30-13-3-4-14(22)15(23)7-13/h2-7H,8-11H2,1H3,(H,25,27)(H,26,28). The maximum Gasteiger partial charge on any atom is 0.258 e. The van der Waals surface area contributed by atoms with E-state index in [1.54, 1.807) is 0 Å². The highest BCUT2D eigenvalue weighted by Crippen LogP contribution is 2.60. The molecule has 9 heteroatoms. The topological polar surface area (TPSA) is 76.7 Å². The van der Waals surface area contributed by atoms with E-state index < -0.39 is 11.6 Å². The predicted molar refractivity (Wildman–Crippen MR) is 105 cm³/mol. The van der Waals surface area contributed by atoms with Crippen LogP contribution in [-0.4, -0.2) is 36.6 Å². The first-order valence-electron chi connectivity index (χ1n) is 9.28. The zero-order valence-corrected chi connectivity index (χ0v) is 16.8. The minimum absolute atomic E-state index is 0.0228. The molecule has 3 fully saturated rings. The highest BCUT2D eigenvalue weighted by Gasteiger charge is 2.69. The fourth-order valence-corrected chi connectivity index (χ4v) is 4.34. The first kappa shape index (κ1) is 20.4. The number of carbonyl (C=O) groups is 2. The summed E-state index contributed by atoms with van der Waals surface area (Å²) in [7, 11) is 1.35. The Balaban J connectivity index is 1.25. The summed E-state index contributed by atoms with van der Waals surface area (Å²) in [6.07, 6.45) is 1.77. The Bertz CT molecular complexity index is 1010. The second kappa shape index (κ2) is 7.43. The lowest BCUT2D eigenvalue weighted by molar-refractivity contribution is -0.141. The van der Waals surface area contributed by atoms with E-state index in [0.29, 0.717) is 19.3 Å². The van der Waals surface area contributed by atoms with Crippen LogP contribution >= 0.6 is 11.6 Å². The molecule has 2 bridgehead atoms. The van der Waals surface area contributed by atoms with Crippen LogP contribution in [-0.2, 0) is 4.79 Å². The fourth-order valence-electron chi connectivity index (χ4n) is 4.22. The minimum Gasteiger partial charge on any atom is -0.494 e. The molecule has 0 radical (unpaired) electrons. The van der Waals surface area contributed by atoms with E-state index in [4.69, 9.17) is 21.1 Å². The Morgan fingerprint density at radius 3 is 2.37 bits per heavy atom.